The number of carbonyl (C=O) groups excluding carboxylic acids is 3. The maximum Gasteiger partial charge on any atom is 0.305 e. The van der Waals surface area contributed by atoms with Gasteiger partial charge in [0.1, 0.15) is 18.1 Å². The van der Waals surface area contributed by atoms with E-state index in [9.17, 15) is 14.4 Å². The standard InChI is InChI=1S/C20H19N3O6/c24-18(10-11-21-19(25)16-7-4-12-27-16)22-23-20(26)17-9-8-15(29-17)13-28-14-5-2-1-3-6-14/h1-9,12H,10-11,13H2,(H,21,25)(H,22,24)(H,23,26). The molecular weight excluding hydrogens is 378 g/mol. The van der Waals surface area contributed by atoms with E-state index in [1.165, 1.54) is 18.4 Å². The maximum absolute atomic E-state index is 12.0. The second kappa shape index (κ2) is 9.79. The number of carbonyl (C=O) groups is 3. The Morgan fingerprint density at radius 1 is 0.862 bits per heavy atom. The summed E-state index contributed by atoms with van der Waals surface area (Å²) in [6.07, 6.45) is 1.35. The Hall–Kier alpha value is -4.01. The molecule has 2 aromatic heterocycles. The molecule has 0 spiro atoms. The van der Waals surface area contributed by atoms with Gasteiger partial charge in [0, 0.05) is 13.0 Å². The summed E-state index contributed by atoms with van der Waals surface area (Å²) in [6, 6.07) is 15.4. The van der Waals surface area contributed by atoms with Gasteiger partial charge < -0.3 is 18.9 Å². The number of ether oxygens (including phenoxy) is 1. The topological polar surface area (TPSA) is 123 Å². The lowest BCUT2D eigenvalue weighted by Gasteiger charge is -2.07. The molecule has 3 aromatic rings. The van der Waals surface area contributed by atoms with Gasteiger partial charge in [-0.2, -0.15) is 0 Å². The number of nitrogens with one attached hydrogen (secondary N) is 3. The summed E-state index contributed by atoms with van der Waals surface area (Å²) in [5.74, 6) is -0.173. The third-order valence-corrected chi connectivity index (χ3v) is 3.71. The van der Waals surface area contributed by atoms with Crippen molar-refractivity contribution in [2.24, 2.45) is 0 Å². The second-order valence-electron chi connectivity index (χ2n) is 5.85. The average molecular weight is 397 g/mol. The van der Waals surface area contributed by atoms with E-state index in [0.29, 0.717) is 11.5 Å². The van der Waals surface area contributed by atoms with Gasteiger partial charge in [-0.05, 0) is 36.4 Å². The summed E-state index contributed by atoms with van der Waals surface area (Å²) in [5, 5.41) is 2.53. The van der Waals surface area contributed by atoms with Crippen LogP contribution in [0.25, 0.3) is 0 Å². The number of furan rings is 2. The van der Waals surface area contributed by atoms with Gasteiger partial charge >= 0.3 is 5.91 Å². The third-order valence-electron chi connectivity index (χ3n) is 3.71. The van der Waals surface area contributed by atoms with Crippen molar-refractivity contribution < 1.29 is 28.0 Å². The molecule has 0 bridgehead atoms. The number of hydrogen-bond donors (Lipinski definition) is 3. The summed E-state index contributed by atoms with van der Waals surface area (Å²) in [6.45, 7) is 0.252. The number of amides is 3. The van der Waals surface area contributed by atoms with Crippen molar-refractivity contribution in [3.05, 3.63) is 78.1 Å². The molecule has 0 radical (unpaired) electrons. The highest BCUT2D eigenvalue weighted by molar-refractivity contribution is 5.93. The Labute approximate surface area is 166 Å². The van der Waals surface area contributed by atoms with Crippen molar-refractivity contribution >= 4 is 17.7 Å². The molecule has 9 nitrogen and oxygen atoms in total. The van der Waals surface area contributed by atoms with E-state index in [0.717, 1.165) is 0 Å². The highest BCUT2D eigenvalue weighted by atomic mass is 16.5. The molecule has 2 heterocycles. The molecule has 0 saturated heterocycles. The SMILES string of the molecule is O=C(CCNC(=O)c1ccco1)NNC(=O)c1ccc(COc2ccccc2)o1. The molecule has 1 aromatic carbocycles. The lowest BCUT2D eigenvalue weighted by Crippen LogP contribution is -2.42. The van der Waals surface area contributed by atoms with E-state index in [-0.39, 0.29) is 31.1 Å². The van der Waals surface area contributed by atoms with Gasteiger partial charge in [-0.15, -0.1) is 0 Å². The molecule has 3 amide bonds. The predicted octanol–water partition coefficient (Wildman–Crippen LogP) is 2.03. The first kappa shape index (κ1) is 19.7. The van der Waals surface area contributed by atoms with Gasteiger partial charge in [-0.1, -0.05) is 18.2 Å². The minimum atomic E-state index is -0.607. The van der Waals surface area contributed by atoms with E-state index >= 15 is 0 Å². The lowest BCUT2D eigenvalue weighted by molar-refractivity contribution is -0.121. The molecule has 0 aliphatic carbocycles. The van der Waals surface area contributed by atoms with Gasteiger partial charge in [-0.3, -0.25) is 25.2 Å². The summed E-state index contributed by atoms with van der Waals surface area (Å²) in [4.78, 5) is 35.4. The van der Waals surface area contributed by atoms with Gasteiger partial charge in [-0.25, -0.2) is 0 Å². The molecule has 0 aliphatic heterocycles. The zero-order chi connectivity index (χ0) is 20.5. The molecule has 3 N–H and O–H groups in total. The van der Waals surface area contributed by atoms with Crippen LogP contribution in [-0.2, 0) is 11.4 Å². The predicted molar refractivity (Wildman–Crippen MR) is 101 cm³/mol. The zero-order valence-corrected chi connectivity index (χ0v) is 15.3. The lowest BCUT2D eigenvalue weighted by atomic mass is 10.3. The van der Waals surface area contributed by atoms with E-state index in [2.05, 4.69) is 16.2 Å². The molecule has 0 aliphatic rings. The van der Waals surface area contributed by atoms with Gasteiger partial charge in [0.25, 0.3) is 5.91 Å². The van der Waals surface area contributed by atoms with Crippen LogP contribution in [0.3, 0.4) is 0 Å². The van der Waals surface area contributed by atoms with Crippen molar-refractivity contribution in [3.8, 4) is 5.75 Å². The first-order chi connectivity index (χ1) is 14.1. The van der Waals surface area contributed by atoms with Crippen molar-refractivity contribution in [1.82, 2.24) is 16.2 Å². The summed E-state index contributed by atoms with van der Waals surface area (Å²) >= 11 is 0. The molecule has 0 unspecified atom stereocenters. The maximum atomic E-state index is 12.0. The number of hydrogen-bond acceptors (Lipinski definition) is 6. The number of benzene rings is 1. The van der Waals surface area contributed by atoms with Crippen molar-refractivity contribution in [2.45, 2.75) is 13.0 Å². The molecule has 3 rings (SSSR count). The fourth-order valence-electron chi connectivity index (χ4n) is 2.28. The Morgan fingerprint density at radius 3 is 2.45 bits per heavy atom. The Balaban J connectivity index is 1.36. The van der Waals surface area contributed by atoms with Crippen LogP contribution in [-0.4, -0.2) is 24.3 Å². The molecule has 150 valence electrons. The zero-order valence-electron chi connectivity index (χ0n) is 15.3. The van der Waals surface area contributed by atoms with Crippen LogP contribution in [0.15, 0.2) is 69.7 Å². The highest BCUT2D eigenvalue weighted by Gasteiger charge is 2.13. The Morgan fingerprint density at radius 2 is 1.69 bits per heavy atom. The fraction of sp³-hybridized carbons (Fsp3) is 0.150. The van der Waals surface area contributed by atoms with Crippen LogP contribution >= 0.6 is 0 Å². The van der Waals surface area contributed by atoms with Crippen LogP contribution in [0.4, 0.5) is 0 Å². The van der Waals surface area contributed by atoms with E-state index in [4.69, 9.17) is 13.6 Å². The minimum absolute atomic E-state index is 0.0267. The van der Waals surface area contributed by atoms with E-state index in [1.54, 1.807) is 12.1 Å². The minimum Gasteiger partial charge on any atom is -0.486 e. The van der Waals surface area contributed by atoms with Gasteiger partial charge in [0.15, 0.2) is 11.5 Å². The smallest absolute Gasteiger partial charge is 0.305 e. The molecule has 0 atom stereocenters. The average Bonchev–Trinajstić information content (AvgIpc) is 3.43. The first-order valence-corrected chi connectivity index (χ1v) is 8.79. The number of hydrazine groups is 1. The van der Waals surface area contributed by atoms with Crippen molar-refractivity contribution in [3.63, 3.8) is 0 Å². The molecule has 9 heteroatoms. The van der Waals surface area contributed by atoms with E-state index in [1.807, 2.05) is 30.3 Å². The van der Waals surface area contributed by atoms with E-state index < -0.39 is 17.7 Å². The molecular formula is C20H19N3O6. The third kappa shape index (κ3) is 5.99. The van der Waals surface area contributed by atoms with Crippen LogP contribution in [0.5, 0.6) is 5.75 Å². The highest BCUT2D eigenvalue weighted by Crippen LogP contribution is 2.13. The molecule has 0 saturated carbocycles. The van der Waals surface area contributed by atoms with Crippen molar-refractivity contribution in [1.29, 1.82) is 0 Å². The van der Waals surface area contributed by atoms with Crippen LogP contribution in [0.2, 0.25) is 0 Å². The molecule has 29 heavy (non-hydrogen) atoms. The second-order valence-corrected chi connectivity index (χ2v) is 5.85. The fourth-order valence-corrected chi connectivity index (χ4v) is 2.28. The first-order valence-electron chi connectivity index (χ1n) is 8.79. The monoisotopic (exact) mass is 397 g/mol. The Kier molecular flexibility index (Phi) is 6.66. The van der Waals surface area contributed by atoms with Crippen LogP contribution in [0.1, 0.15) is 33.3 Å². The quantitative estimate of drug-likeness (QED) is 0.500. The largest absolute Gasteiger partial charge is 0.486 e. The van der Waals surface area contributed by atoms with Crippen LogP contribution < -0.4 is 20.9 Å². The Bertz CT molecular complexity index is 950. The van der Waals surface area contributed by atoms with Gasteiger partial charge in [0.05, 0.1) is 6.26 Å². The summed E-state index contributed by atoms with van der Waals surface area (Å²) in [5.41, 5.74) is 4.50. The summed E-state index contributed by atoms with van der Waals surface area (Å²) in [7, 11) is 0. The normalized spacial score (nSPS) is 10.2. The number of para-hydroxylation sites is 1. The van der Waals surface area contributed by atoms with Crippen LogP contribution in [0, 0.1) is 0 Å². The molecule has 0 fully saturated rings. The van der Waals surface area contributed by atoms with Gasteiger partial charge in [0.2, 0.25) is 5.91 Å². The van der Waals surface area contributed by atoms with Crippen molar-refractivity contribution in [2.75, 3.05) is 6.54 Å². The number of rotatable bonds is 8. The summed E-state index contributed by atoms with van der Waals surface area (Å²) < 4.78 is 15.9.